The molecule has 0 fully saturated rings. The monoisotopic (exact) mass is 376 g/mol. The van der Waals surface area contributed by atoms with Crippen LogP contribution in [-0.4, -0.2) is 40.9 Å². The number of fused-ring (bicyclic) bond motifs is 1. The van der Waals surface area contributed by atoms with Crippen molar-refractivity contribution in [3.8, 4) is 39.9 Å². The molecule has 0 radical (unpaired) electrons. The molecule has 0 spiro atoms. The van der Waals surface area contributed by atoms with Gasteiger partial charge in [-0.2, -0.15) is 9.50 Å². The highest BCUT2D eigenvalue weighted by Crippen LogP contribution is 2.41. The molecule has 0 aliphatic carbocycles. The van der Waals surface area contributed by atoms with E-state index >= 15 is 0 Å². The summed E-state index contributed by atoms with van der Waals surface area (Å²) in [6, 6.07) is 13.7. The lowest BCUT2D eigenvalue weighted by atomic mass is 10.1. The van der Waals surface area contributed by atoms with Crippen LogP contribution in [0.1, 0.15) is 5.56 Å². The van der Waals surface area contributed by atoms with Gasteiger partial charge in [-0.15, -0.1) is 5.10 Å². The Labute approximate surface area is 162 Å². The fraction of sp³-hybridized carbons (Fsp3) is 0.190. The van der Waals surface area contributed by atoms with Crippen molar-refractivity contribution in [1.29, 1.82) is 0 Å². The van der Waals surface area contributed by atoms with Crippen LogP contribution >= 0.6 is 0 Å². The molecule has 2 aromatic carbocycles. The summed E-state index contributed by atoms with van der Waals surface area (Å²) in [5.74, 6) is 2.81. The molecule has 4 aromatic rings. The van der Waals surface area contributed by atoms with E-state index in [1.165, 1.54) is 5.56 Å². The van der Waals surface area contributed by atoms with Crippen molar-refractivity contribution in [2.24, 2.45) is 0 Å². The summed E-state index contributed by atoms with van der Waals surface area (Å²) in [5, 5.41) is 4.67. The first-order valence-corrected chi connectivity index (χ1v) is 8.74. The van der Waals surface area contributed by atoms with E-state index in [4.69, 9.17) is 14.2 Å². The number of benzene rings is 2. The predicted octanol–water partition coefficient (Wildman–Crippen LogP) is 3.79. The van der Waals surface area contributed by atoms with E-state index < -0.39 is 0 Å². The molecule has 0 saturated heterocycles. The van der Waals surface area contributed by atoms with Gasteiger partial charge in [-0.25, -0.2) is 4.98 Å². The minimum absolute atomic E-state index is 0.516. The maximum absolute atomic E-state index is 5.47. The lowest BCUT2D eigenvalue weighted by molar-refractivity contribution is 0.324. The second-order valence-corrected chi connectivity index (χ2v) is 6.26. The number of hydrogen-bond acceptors (Lipinski definition) is 6. The third-order valence-corrected chi connectivity index (χ3v) is 4.51. The third-order valence-electron chi connectivity index (χ3n) is 4.51. The zero-order valence-electron chi connectivity index (χ0n) is 16.1. The fourth-order valence-corrected chi connectivity index (χ4v) is 3.07. The van der Waals surface area contributed by atoms with Crippen molar-refractivity contribution in [3.63, 3.8) is 0 Å². The number of aryl methyl sites for hydroxylation is 1. The van der Waals surface area contributed by atoms with Crippen molar-refractivity contribution < 1.29 is 14.2 Å². The number of ether oxygens (including phenoxy) is 3. The van der Waals surface area contributed by atoms with Crippen molar-refractivity contribution in [1.82, 2.24) is 19.6 Å². The summed E-state index contributed by atoms with van der Waals surface area (Å²) in [4.78, 5) is 8.92. The summed E-state index contributed by atoms with van der Waals surface area (Å²) in [5.41, 5.74) is 3.79. The first kappa shape index (κ1) is 17.8. The SMILES string of the molecule is COc1cc(-c2ccnc3nc(-c4ccc(C)cc4)nn23)cc(OC)c1OC. The van der Waals surface area contributed by atoms with E-state index in [9.17, 15) is 0 Å². The van der Waals surface area contributed by atoms with Gasteiger partial charge in [0.15, 0.2) is 17.3 Å². The van der Waals surface area contributed by atoms with Crippen LogP contribution < -0.4 is 14.2 Å². The number of aromatic nitrogens is 4. The van der Waals surface area contributed by atoms with Crippen LogP contribution in [0.5, 0.6) is 17.2 Å². The van der Waals surface area contributed by atoms with Crippen LogP contribution in [0, 0.1) is 6.92 Å². The van der Waals surface area contributed by atoms with Gasteiger partial charge in [-0.3, -0.25) is 0 Å². The van der Waals surface area contributed by atoms with E-state index in [1.54, 1.807) is 32.0 Å². The zero-order chi connectivity index (χ0) is 19.7. The van der Waals surface area contributed by atoms with Crippen molar-refractivity contribution in [3.05, 3.63) is 54.2 Å². The van der Waals surface area contributed by atoms with Crippen molar-refractivity contribution >= 4 is 5.78 Å². The van der Waals surface area contributed by atoms with Crippen LogP contribution in [0.2, 0.25) is 0 Å². The molecule has 7 heteroatoms. The molecule has 0 atom stereocenters. The lowest BCUT2D eigenvalue weighted by Crippen LogP contribution is -1.99. The Morgan fingerprint density at radius 2 is 1.50 bits per heavy atom. The predicted molar refractivity (Wildman–Crippen MR) is 106 cm³/mol. The molecule has 28 heavy (non-hydrogen) atoms. The Balaban J connectivity index is 1.89. The first-order valence-electron chi connectivity index (χ1n) is 8.74. The molecule has 142 valence electrons. The average molecular weight is 376 g/mol. The van der Waals surface area contributed by atoms with Gasteiger partial charge in [0.2, 0.25) is 5.75 Å². The summed E-state index contributed by atoms with van der Waals surface area (Å²) in [6.07, 6.45) is 1.71. The van der Waals surface area contributed by atoms with Gasteiger partial charge >= 0.3 is 0 Å². The van der Waals surface area contributed by atoms with Gasteiger partial charge in [0.25, 0.3) is 5.78 Å². The minimum atomic E-state index is 0.516. The maximum Gasteiger partial charge on any atom is 0.253 e. The van der Waals surface area contributed by atoms with Gasteiger partial charge in [-0.05, 0) is 25.1 Å². The van der Waals surface area contributed by atoms with Crippen LogP contribution in [0.3, 0.4) is 0 Å². The molecule has 2 aromatic heterocycles. The standard InChI is InChI=1S/C21H20N4O3/c1-13-5-7-14(8-6-13)20-23-21-22-10-9-16(25(21)24-20)15-11-17(26-2)19(28-4)18(12-15)27-3/h5-12H,1-4H3. The molecule has 0 saturated carbocycles. The molecule has 4 rings (SSSR count). The summed E-state index contributed by atoms with van der Waals surface area (Å²) in [6.45, 7) is 2.05. The Kier molecular flexibility index (Phi) is 4.57. The Morgan fingerprint density at radius 1 is 0.821 bits per heavy atom. The topological polar surface area (TPSA) is 70.8 Å². The quantitative estimate of drug-likeness (QED) is 0.528. The third kappa shape index (κ3) is 3.00. The molecule has 0 bridgehead atoms. The van der Waals surface area contributed by atoms with Crippen molar-refractivity contribution in [2.45, 2.75) is 6.92 Å². The fourth-order valence-electron chi connectivity index (χ4n) is 3.07. The summed E-state index contributed by atoms with van der Waals surface area (Å²) < 4.78 is 18.1. The second kappa shape index (κ2) is 7.19. The molecule has 7 nitrogen and oxygen atoms in total. The molecule has 2 heterocycles. The molecule has 0 unspecified atom stereocenters. The smallest absolute Gasteiger partial charge is 0.253 e. The van der Waals surface area contributed by atoms with Crippen LogP contribution in [0.25, 0.3) is 28.4 Å². The molecular weight excluding hydrogens is 356 g/mol. The number of nitrogens with zero attached hydrogens (tertiary/aromatic N) is 4. The molecule has 0 amide bonds. The van der Waals surface area contributed by atoms with E-state index in [0.717, 1.165) is 16.8 Å². The van der Waals surface area contributed by atoms with Crippen LogP contribution in [0.15, 0.2) is 48.7 Å². The molecule has 0 N–H and O–H groups in total. The van der Waals surface area contributed by atoms with Crippen LogP contribution in [-0.2, 0) is 0 Å². The normalized spacial score (nSPS) is 10.9. The number of hydrogen-bond donors (Lipinski definition) is 0. The Morgan fingerprint density at radius 3 is 2.11 bits per heavy atom. The highest BCUT2D eigenvalue weighted by Gasteiger charge is 2.17. The van der Waals surface area contributed by atoms with Crippen LogP contribution in [0.4, 0.5) is 0 Å². The van der Waals surface area contributed by atoms with E-state index in [0.29, 0.717) is 28.9 Å². The van der Waals surface area contributed by atoms with E-state index in [2.05, 4.69) is 15.1 Å². The van der Waals surface area contributed by atoms with Gasteiger partial charge in [0, 0.05) is 17.3 Å². The average Bonchev–Trinajstić information content (AvgIpc) is 3.17. The Hall–Kier alpha value is -3.61. The number of methoxy groups -OCH3 is 3. The van der Waals surface area contributed by atoms with Crippen molar-refractivity contribution in [2.75, 3.05) is 21.3 Å². The second-order valence-electron chi connectivity index (χ2n) is 6.26. The lowest BCUT2D eigenvalue weighted by Gasteiger charge is -2.14. The summed E-state index contributed by atoms with van der Waals surface area (Å²) in [7, 11) is 4.76. The zero-order valence-corrected chi connectivity index (χ0v) is 16.1. The van der Waals surface area contributed by atoms with E-state index in [-0.39, 0.29) is 0 Å². The first-order chi connectivity index (χ1) is 13.6. The van der Waals surface area contributed by atoms with Gasteiger partial charge in [0.05, 0.1) is 27.0 Å². The highest BCUT2D eigenvalue weighted by atomic mass is 16.5. The molecular formula is C21H20N4O3. The largest absolute Gasteiger partial charge is 0.493 e. The Bertz CT molecular complexity index is 1110. The van der Waals surface area contributed by atoms with Gasteiger partial charge in [0.1, 0.15) is 0 Å². The number of rotatable bonds is 5. The summed E-state index contributed by atoms with van der Waals surface area (Å²) >= 11 is 0. The van der Waals surface area contributed by atoms with E-state index in [1.807, 2.05) is 49.4 Å². The molecule has 0 aliphatic rings. The highest BCUT2D eigenvalue weighted by molar-refractivity contribution is 5.70. The minimum Gasteiger partial charge on any atom is -0.493 e. The van der Waals surface area contributed by atoms with Gasteiger partial charge < -0.3 is 14.2 Å². The maximum atomic E-state index is 5.47. The molecule has 0 aliphatic heterocycles. The van der Waals surface area contributed by atoms with Gasteiger partial charge in [-0.1, -0.05) is 29.8 Å².